The van der Waals surface area contributed by atoms with Gasteiger partial charge in [0.05, 0.1) is 27.4 Å². The summed E-state index contributed by atoms with van der Waals surface area (Å²) in [5.41, 5.74) is -0.522. The monoisotopic (exact) mass is 419 g/mol. The molecule has 2 heterocycles. The fraction of sp³-hybridized carbons (Fsp3) is 0.308. The highest BCUT2D eigenvalue weighted by atomic mass is 35.5. The van der Waals surface area contributed by atoms with Gasteiger partial charge in [0.2, 0.25) is 17.6 Å². The van der Waals surface area contributed by atoms with E-state index in [4.69, 9.17) is 21.1 Å². The minimum atomic E-state index is -4.59. The predicted octanol–water partition coefficient (Wildman–Crippen LogP) is -0.214. The maximum atomic E-state index is 12.6. The average molecular weight is 420 g/mol. The van der Waals surface area contributed by atoms with Crippen molar-refractivity contribution in [2.75, 3.05) is 21.3 Å². The maximum absolute atomic E-state index is 12.6. The topological polar surface area (TPSA) is 152 Å². The molecule has 146 valence electrons. The molecule has 0 aliphatic rings. The zero-order valence-electron chi connectivity index (χ0n) is 14.5. The summed E-state index contributed by atoms with van der Waals surface area (Å²) in [6.45, 7) is 0. The van der Waals surface area contributed by atoms with Gasteiger partial charge in [0.25, 0.3) is 10.0 Å². The van der Waals surface area contributed by atoms with Crippen molar-refractivity contribution >= 4 is 33.5 Å². The normalized spacial score (nSPS) is 11.0. The summed E-state index contributed by atoms with van der Waals surface area (Å²) in [5, 5.41) is 2.59. The number of ether oxygens (including phenoxy) is 3. The molecule has 0 fully saturated rings. The number of amides is 1. The molecule has 0 unspecified atom stereocenters. The number of hydrogen-bond acceptors (Lipinski definition) is 10. The van der Waals surface area contributed by atoms with E-state index in [0.29, 0.717) is 0 Å². The Hall–Kier alpha value is -2.93. The fourth-order valence-electron chi connectivity index (χ4n) is 1.99. The van der Waals surface area contributed by atoms with Crippen molar-refractivity contribution in [3.8, 4) is 11.8 Å². The van der Waals surface area contributed by atoms with Crippen LogP contribution in [0.2, 0.25) is 5.15 Å². The number of rotatable bonds is 6. The summed E-state index contributed by atoms with van der Waals surface area (Å²) < 4.78 is 42.1. The van der Waals surface area contributed by atoms with Crippen LogP contribution in [-0.2, 0) is 21.8 Å². The Labute approximate surface area is 158 Å². The van der Waals surface area contributed by atoms with E-state index in [1.807, 2.05) is 0 Å². The highest BCUT2D eigenvalue weighted by Crippen LogP contribution is 2.24. The number of esters is 1. The molecular formula is C13H14ClN5O7S. The Morgan fingerprint density at radius 3 is 2.19 bits per heavy atom. The van der Waals surface area contributed by atoms with Gasteiger partial charge in [-0.2, -0.15) is 23.5 Å². The van der Waals surface area contributed by atoms with Crippen LogP contribution in [0.15, 0.2) is 11.1 Å². The Bertz CT molecular complexity index is 982. The molecule has 0 saturated heterocycles. The summed E-state index contributed by atoms with van der Waals surface area (Å²) in [4.78, 5) is 31.7. The van der Waals surface area contributed by atoms with E-state index in [9.17, 15) is 18.0 Å². The first-order valence-corrected chi connectivity index (χ1v) is 8.85. The van der Waals surface area contributed by atoms with Gasteiger partial charge in [0.15, 0.2) is 10.2 Å². The molecule has 0 saturated carbocycles. The number of aryl methyl sites for hydroxylation is 1. The molecule has 1 N–H and O–H groups in total. The van der Waals surface area contributed by atoms with Gasteiger partial charge in [-0.05, 0) is 0 Å². The van der Waals surface area contributed by atoms with Crippen molar-refractivity contribution in [3.63, 3.8) is 0 Å². The highest BCUT2D eigenvalue weighted by molar-refractivity contribution is 7.90. The summed E-state index contributed by atoms with van der Waals surface area (Å²) in [5.74, 6) is -2.82. The first-order valence-electron chi connectivity index (χ1n) is 6.99. The number of sulfonamides is 1. The maximum Gasteiger partial charge on any atom is 0.344 e. The number of nitrogens with one attached hydrogen (secondary N) is 1. The number of carbonyl (C=O) groups excluding carboxylic acids is 2. The number of nitrogens with zero attached hydrogens (tertiary/aromatic N) is 4. The van der Waals surface area contributed by atoms with Crippen LogP contribution in [-0.4, -0.2) is 61.4 Å². The van der Waals surface area contributed by atoms with Gasteiger partial charge in [-0.1, -0.05) is 11.6 Å². The second-order valence-electron chi connectivity index (χ2n) is 4.80. The summed E-state index contributed by atoms with van der Waals surface area (Å²) in [7, 11) is 0.259. The summed E-state index contributed by atoms with van der Waals surface area (Å²) in [6, 6.07) is 1.29. The molecule has 0 aliphatic carbocycles. The van der Waals surface area contributed by atoms with Gasteiger partial charge in [-0.3, -0.25) is 9.48 Å². The predicted molar refractivity (Wildman–Crippen MR) is 89.3 cm³/mol. The van der Waals surface area contributed by atoms with Crippen molar-refractivity contribution < 1.29 is 32.2 Å². The third-order valence-corrected chi connectivity index (χ3v) is 4.82. The lowest BCUT2D eigenvalue weighted by Crippen LogP contribution is -2.34. The zero-order valence-corrected chi connectivity index (χ0v) is 16.1. The standard InChI is InChI=1S/C13H14ClN5O7S/c1-19-12(8(9(14)17-19)13(21)26-4)27(22,23)18-11(20)10-15-6(24-2)5-7(16-10)25-3/h5H,1-4H3,(H,18,20). The Kier molecular flexibility index (Phi) is 5.85. The van der Waals surface area contributed by atoms with Crippen LogP contribution in [0.4, 0.5) is 0 Å². The minimum Gasteiger partial charge on any atom is -0.481 e. The van der Waals surface area contributed by atoms with E-state index in [2.05, 4.69) is 19.8 Å². The van der Waals surface area contributed by atoms with Crippen molar-refractivity contribution in [1.29, 1.82) is 0 Å². The second kappa shape index (κ2) is 7.75. The molecule has 2 rings (SSSR count). The highest BCUT2D eigenvalue weighted by Gasteiger charge is 2.33. The lowest BCUT2D eigenvalue weighted by molar-refractivity contribution is 0.0595. The quantitative estimate of drug-likeness (QED) is 0.622. The molecule has 0 aromatic carbocycles. The summed E-state index contributed by atoms with van der Waals surface area (Å²) in [6.07, 6.45) is 0. The first-order chi connectivity index (χ1) is 12.6. The molecule has 14 heteroatoms. The SMILES string of the molecule is COC(=O)c1c(Cl)nn(C)c1S(=O)(=O)NC(=O)c1nc(OC)cc(OC)n1. The van der Waals surface area contributed by atoms with Gasteiger partial charge in [0.1, 0.15) is 5.56 Å². The Balaban J connectivity index is 2.46. The van der Waals surface area contributed by atoms with Crippen LogP contribution >= 0.6 is 11.6 Å². The molecule has 12 nitrogen and oxygen atoms in total. The number of halogens is 1. The van der Waals surface area contributed by atoms with Gasteiger partial charge in [-0.25, -0.2) is 9.52 Å². The number of hydrogen-bond donors (Lipinski definition) is 1. The molecule has 0 atom stereocenters. The van der Waals surface area contributed by atoms with Crippen LogP contribution in [0.5, 0.6) is 11.8 Å². The Morgan fingerprint density at radius 1 is 1.15 bits per heavy atom. The van der Waals surface area contributed by atoms with Crippen molar-refractivity contribution in [2.24, 2.45) is 7.05 Å². The molecule has 0 aliphatic heterocycles. The molecule has 2 aromatic heterocycles. The molecule has 0 spiro atoms. The number of aromatic nitrogens is 4. The van der Waals surface area contributed by atoms with Crippen LogP contribution < -0.4 is 14.2 Å². The van der Waals surface area contributed by atoms with Gasteiger partial charge >= 0.3 is 11.9 Å². The summed E-state index contributed by atoms with van der Waals surface area (Å²) >= 11 is 5.79. The van der Waals surface area contributed by atoms with Crippen LogP contribution in [0.1, 0.15) is 21.0 Å². The van der Waals surface area contributed by atoms with E-state index < -0.39 is 43.5 Å². The van der Waals surface area contributed by atoms with Crippen LogP contribution in [0.3, 0.4) is 0 Å². The van der Waals surface area contributed by atoms with E-state index in [1.165, 1.54) is 27.3 Å². The lowest BCUT2D eigenvalue weighted by atomic mass is 10.4. The molecule has 0 bridgehead atoms. The zero-order chi connectivity index (χ0) is 20.4. The lowest BCUT2D eigenvalue weighted by Gasteiger charge is -2.09. The molecule has 27 heavy (non-hydrogen) atoms. The van der Waals surface area contributed by atoms with Crippen molar-refractivity contribution in [2.45, 2.75) is 5.03 Å². The fourth-order valence-corrected chi connectivity index (χ4v) is 3.60. The second-order valence-corrected chi connectivity index (χ2v) is 6.75. The third-order valence-electron chi connectivity index (χ3n) is 3.12. The van der Waals surface area contributed by atoms with Gasteiger partial charge < -0.3 is 14.2 Å². The minimum absolute atomic E-state index is 0.0248. The van der Waals surface area contributed by atoms with E-state index in [0.717, 1.165) is 11.8 Å². The van der Waals surface area contributed by atoms with E-state index in [-0.39, 0.29) is 11.8 Å². The van der Waals surface area contributed by atoms with Crippen molar-refractivity contribution in [1.82, 2.24) is 24.5 Å². The molecule has 1 amide bonds. The van der Waals surface area contributed by atoms with Gasteiger partial charge in [0, 0.05) is 7.05 Å². The van der Waals surface area contributed by atoms with E-state index in [1.54, 1.807) is 4.72 Å². The van der Waals surface area contributed by atoms with Gasteiger partial charge in [-0.15, -0.1) is 0 Å². The van der Waals surface area contributed by atoms with Crippen LogP contribution in [0, 0.1) is 0 Å². The average Bonchev–Trinajstić information content (AvgIpc) is 2.94. The molecule has 0 radical (unpaired) electrons. The van der Waals surface area contributed by atoms with E-state index >= 15 is 0 Å². The Morgan fingerprint density at radius 2 is 1.70 bits per heavy atom. The number of methoxy groups -OCH3 is 3. The largest absolute Gasteiger partial charge is 0.481 e. The number of carbonyl (C=O) groups is 2. The molecular weight excluding hydrogens is 406 g/mol. The molecule has 2 aromatic rings. The van der Waals surface area contributed by atoms with Crippen LogP contribution in [0.25, 0.3) is 0 Å². The third kappa shape index (κ3) is 4.09. The smallest absolute Gasteiger partial charge is 0.344 e. The first kappa shape index (κ1) is 20.4. The van der Waals surface area contributed by atoms with Crippen molar-refractivity contribution in [3.05, 3.63) is 22.6 Å².